The fourth-order valence-corrected chi connectivity index (χ4v) is 1.27. The summed E-state index contributed by atoms with van der Waals surface area (Å²) in [5.41, 5.74) is 1.23. The molecular formula is C11H10FN3O. The molecule has 0 aromatic carbocycles. The summed E-state index contributed by atoms with van der Waals surface area (Å²) in [6, 6.07) is 1.21. The normalized spacial score (nSPS) is 12.4. The van der Waals surface area contributed by atoms with Crippen LogP contribution in [0.15, 0.2) is 30.9 Å². The number of halogens is 1. The molecule has 0 saturated carbocycles. The number of hydrogen-bond donors (Lipinski definition) is 1. The van der Waals surface area contributed by atoms with Gasteiger partial charge in [-0.15, -0.1) is 0 Å². The second-order valence-electron chi connectivity index (χ2n) is 3.46. The van der Waals surface area contributed by atoms with E-state index in [9.17, 15) is 9.50 Å². The number of nitrogens with zero attached hydrogens (tertiary/aromatic N) is 3. The fraction of sp³-hybridized carbons (Fsp3) is 0.182. The van der Waals surface area contributed by atoms with Crippen molar-refractivity contribution in [2.75, 3.05) is 0 Å². The molecule has 5 heteroatoms. The van der Waals surface area contributed by atoms with E-state index in [0.29, 0.717) is 5.56 Å². The lowest BCUT2D eigenvalue weighted by molar-refractivity contribution is 0.208. The Labute approximate surface area is 91.8 Å². The van der Waals surface area contributed by atoms with Gasteiger partial charge in [0.1, 0.15) is 11.9 Å². The number of rotatable bonds is 2. The van der Waals surface area contributed by atoms with Crippen LogP contribution in [0.25, 0.3) is 0 Å². The van der Waals surface area contributed by atoms with Crippen molar-refractivity contribution in [3.63, 3.8) is 0 Å². The van der Waals surface area contributed by atoms with Crippen molar-refractivity contribution >= 4 is 0 Å². The Morgan fingerprint density at radius 3 is 2.50 bits per heavy atom. The van der Waals surface area contributed by atoms with Crippen LogP contribution in [-0.4, -0.2) is 20.1 Å². The minimum absolute atomic E-state index is 0.234. The van der Waals surface area contributed by atoms with Crippen LogP contribution in [0.2, 0.25) is 0 Å². The molecule has 2 aromatic rings. The van der Waals surface area contributed by atoms with Crippen molar-refractivity contribution < 1.29 is 9.50 Å². The van der Waals surface area contributed by atoms with E-state index >= 15 is 0 Å². The summed E-state index contributed by atoms with van der Waals surface area (Å²) in [7, 11) is 0. The summed E-state index contributed by atoms with van der Waals surface area (Å²) in [4.78, 5) is 11.6. The zero-order valence-corrected chi connectivity index (χ0v) is 8.63. The van der Waals surface area contributed by atoms with E-state index in [4.69, 9.17) is 0 Å². The first kappa shape index (κ1) is 10.6. The second-order valence-corrected chi connectivity index (χ2v) is 3.46. The molecule has 0 fully saturated rings. The number of aromatic nitrogens is 3. The Morgan fingerprint density at radius 1 is 1.19 bits per heavy atom. The Morgan fingerprint density at radius 2 is 1.88 bits per heavy atom. The molecule has 2 aromatic heterocycles. The maximum Gasteiger partial charge on any atom is 0.161 e. The first-order valence-corrected chi connectivity index (χ1v) is 4.74. The maximum atomic E-state index is 12.9. The number of pyridine rings is 1. The highest BCUT2D eigenvalue weighted by Gasteiger charge is 2.14. The quantitative estimate of drug-likeness (QED) is 0.829. The van der Waals surface area contributed by atoms with E-state index in [-0.39, 0.29) is 5.82 Å². The van der Waals surface area contributed by atoms with Gasteiger partial charge in [-0.05, 0) is 18.6 Å². The second kappa shape index (κ2) is 4.32. The Hall–Kier alpha value is -1.88. The molecule has 4 nitrogen and oxygen atoms in total. The maximum absolute atomic E-state index is 12.9. The highest BCUT2D eigenvalue weighted by atomic mass is 19.1. The van der Waals surface area contributed by atoms with Gasteiger partial charge in [0.25, 0.3) is 0 Å². The number of aliphatic hydroxyl groups excluding tert-OH is 1. The van der Waals surface area contributed by atoms with Crippen LogP contribution in [-0.2, 0) is 0 Å². The summed E-state index contributed by atoms with van der Waals surface area (Å²) in [5, 5.41) is 9.88. The molecule has 1 atom stereocenters. The standard InChI is InChI=1S/C11H10FN3O/c1-7-3-14-11(15-4-7)10(16)8-2-9(12)6-13-5-8/h2-6,10,16H,1H3. The van der Waals surface area contributed by atoms with Crippen molar-refractivity contribution in [2.24, 2.45) is 0 Å². The van der Waals surface area contributed by atoms with Crippen molar-refractivity contribution in [3.8, 4) is 0 Å². The zero-order chi connectivity index (χ0) is 11.5. The molecule has 0 radical (unpaired) electrons. The summed E-state index contributed by atoms with van der Waals surface area (Å²) in [5.74, 6) is -0.262. The van der Waals surface area contributed by atoms with Gasteiger partial charge in [-0.25, -0.2) is 14.4 Å². The third-order valence-electron chi connectivity index (χ3n) is 2.09. The van der Waals surface area contributed by atoms with Crippen molar-refractivity contribution in [1.82, 2.24) is 15.0 Å². The molecule has 0 aliphatic rings. The van der Waals surface area contributed by atoms with E-state index in [1.54, 1.807) is 12.4 Å². The van der Waals surface area contributed by atoms with Gasteiger partial charge < -0.3 is 5.11 Å². The van der Waals surface area contributed by atoms with Crippen molar-refractivity contribution in [2.45, 2.75) is 13.0 Å². The number of hydrogen-bond acceptors (Lipinski definition) is 4. The van der Waals surface area contributed by atoms with Crippen LogP contribution in [0.1, 0.15) is 23.1 Å². The summed E-state index contributed by atoms with van der Waals surface area (Å²) >= 11 is 0. The molecule has 0 amide bonds. The molecule has 1 unspecified atom stereocenters. The van der Waals surface area contributed by atoms with Crippen LogP contribution in [0.5, 0.6) is 0 Å². The van der Waals surface area contributed by atoms with Crippen LogP contribution < -0.4 is 0 Å². The van der Waals surface area contributed by atoms with Gasteiger partial charge in [0, 0.05) is 24.2 Å². The Kier molecular flexibility index (Phi) is 2.87. The van der Waals surface area contributed by atoms with E-state index < -0.39 is 11.9 Å². The molecular weight excluding hydrogens is 209 g/mol. The van der Waals surface area contributed by atoms with Gasteiger partial charge in [-0.3, -0.25) is 4.98 Å². The molecule has 1 N–H and O–H groups in total. The smallest absolute Gasteiger partial charge is 0.161 e. The van der Waals surface area contributed by atoms with Gasteiger partial charge in [0.05, 0.1) is 6.20 Å². The van der Waals surface area contributed by atoms with Gasteiger partial charge in [-0.1, -0.05) is 0 Å². The lowest BCUT2D eigenvalue weighted by Gasteiger charge is -2.08. The largest absolute Gasteiger partial charge is 0.380 e. The predicted molar refractivity (Wildman–Crippen MR) is 55.0 cm³/mol. The average Bonchev–Trinajstić information content (AvgIpc) is 2.29. The molecule has 16 heavy (non-hydrogen) atoms. The van der Waals surface area contributed by atoms with Crippen LogP contribution in [0, 0.1) is 12.7 Å². The van der Waals surface area contributed by atoms with E-state index in [2.05, 4.69) is 15.0 Å². The number of aliphatic hydroxyl groups is 1. The van der Waals surface area contributed by atoms with E-state index in [1.807, 2.05) is 6.92 Å². The summed E-state index contributed by atoms with van der Waals surface area (Å²) in [6.07, 6.45) is 4.60. The minimum Gasteiger partial charge on any atom is -0.380 e. The van der Waals surface area contributed by atoms with Gasteiger partial charge in [0.2, 0.25) is 0 Å². The van der Waals surface area contributed by atoms with Crippen LogP contribution >= 0.6 is 0 Å². The van der Waals surface area contributed by atoms with Crippen molar-refractivity contribution in [3.05, 3.63) is 53.6 Å². The van der Waals surface area contributed by atoms with E-state index in [0.717, 1.165) is 11.8 Å². The molecule has 0 spiro atoms. The fourth-order valence-electron chi connectivity index (χ4n) is 1.27. The monoisotopic (exact) mass is 219 g/mol. The van der Waals surface area contributed by atoms with E-state index in [1.165, 1.54) is 12.3 Å². The highest BCUT2D eigenvalue weighted by Crippen LogP contribution is 2.17. The molecule has 0 aliphatic carbocycles. The Bertz CT molecular complexity index is 487. The lowest BCUT2D eigenvalue weighted by Crippen LogP contribution is -2.06. The first-order chi connectivity index (χ1) is 7.66. The molecule has 0 bridgehead atoms. The molecule has 0 saturated heterocycles. The van der Waals surface area contributed by atoms with Gasteiger partial charge in [-0.2, -0.15) is 0 Å². The molecule has 82 valence electrons. The Balaban J connectivity index is 2.31. The summed E-state index contributed by atoms with van der Waals surface area (Å²) in [6.45, 7) is 1.85. The van der Waals surface area contributed by atoms with Crippen LogP contribution in [0.3, 0.4) is 0 Å². The van der Waals surface area contributed by atoms with Gasteiger partial charge >= 0.3 is 0 Å². The number of aryl methyl sites for hydroxylation is 1. The minimum atomic E-state index is -1.05. The topological polar surface area (TPSA) is 58.9 Å². The molecule has 2 heterocycles. The van der Waals surface area contributed by atoms with Crippen molar-refractivity contribution in [1.29, 1.82) is 0 Å². The molecule has 0 aliphatic heterocycles. The third kappa shape index (κ3) is 2.20. The highest BCUT2D eigenvalue weighted by molar-refractivity contribution is 5.20. The van der Waals surface area contributed by atoms with Gasteiger partial charge in [0.15, 0.2) is 5.82 Å². The average molecular weight is 219 g/mol. The SMILES string of the molecule is Cc1cnc(C(O)c2cncc(F)c2)nc1. The predicted octanol–water partition coefficient (Wildman–Crippen LogP) is 1.40. The van der Waals surface area contributed by atoms with Crippen LogP contribution in [0.4, 0.5) is 4.39 Å². The molecule has 2 rings (SSSR count). The summed E-state index contributed by atoms with van der Waals surface area (Å²) < 4.78 is 12.9. The first-order valence-electron chi connectivity index (χ1n) is 4.74. The lowest BCUT2D eigenvalue weighted by atomic mass is 10.1. The zero-order valence-electron chi connectivity index (χ0n) is 8.63. The third-order valence-corrected chi connectivity index (χ3v) is 2.09.